The Morgan fingerprint density at radius 2 is 1.86 bits per heavy atom. The van der Waals surface area contributed by atoms with Crippen molar-refractivity contribution in [2.24, 2.45) is 0 Å². The Morgan fingerprint density at radius 1 is 1.29 bits per heavy atom. The summed E-state index contributed by atoms with van der Waals surface area (Å²) in [6.45, 7) is 10.5. The predicted octanol–water partition coefficient (Wildman–Crippen LogP) is 2.80. The number of rotatable bonds is 1. The van der Waals surface area contributed by atoms with Gasteiger partial charge in [0.1, 0.15) is 0 Å². The number of pyridine rings is 1. The van der Waals surface area contributed by atoms with Gasteiger partial charge in [-0.15, -0.1) is 0 Å². The number of hydrogen-bond acceptors (Lipinski definition) is 1. The zero-order valence-electron chi connectivity index (χ0n) is 9.64. The maximum atomic E-state index is 11.7. The van der Waals surface area contributed by atoms with Crippen LogP contribution in [0.2, 0.25) is 0 Å². The van der Waals surface area contributed by atoms with Crippen LogP contribution in [0.3, 0.4) is 0 Å². The Hall–Kier alpha value is -1.05. The third-order valence-electron chi connectivity index (χ3n) is 2.38. The fourth-order valence-corrected chi connectivity index (χ4v) is 1.72. The van der Waals surface area contributed by atoms with Crippen molar-refractivity contribution >= 4 is 0 Å². The standard InChI is InChI=1S/C12H19NO/c1-8(2)10-9(12(3,4)5)6-7-13-11(10)14/h6-8H,1-5H3,(H,13,14). The summed E-state index contributed by atoms with van der Waals surface area (Å²) in [5, 5.41) is 0. The van der Waals surface area contributed by atoms with Crippen molar-refractivity contribution in [1.29, 1.82) is 0 Å². The quantitative estimate of drug-likeness (QED) is 0.731. The normalized spacial score (nSPS) is 12.1. The van der Waals surface area contributed by atoms with E-state index in [2.05, 4.69) is 39.6 Å². The molecule has 0 fully saturated rings. The number of aromatic nitrogens is 1. The van der Waals surface area contributed by atoms with E-state index in [-0.39, 0.29) is 16.9 Å². The first-order valence-corrected chi connectivity index (χ1v) is 5.06. The van der Waals surface area contributed by atoms with Gasteiger partial charge in [0.15, 0.2) is 0 Å². The zero-order valence-corrected chi connectivity index (χ0v) is 9.64. The van der Waals surface area contributed by atoms with Crippen molar-refractivity contribution in [3.05, 3.63) is 33.7 Å². The molecule has 2 nitrogen and oxygen atoms in total. The van der Waals surface area contributed by atoms with Gasteiger partial charge in [0.05, 0.1) is 0 Å². The van der Waals surface area contributed by atoms with Crippen LogP contribution in [0.1, 0.15) is 51.7 Å². The van der Waals surface area contributed by atoms with Gasteiger partial charge in [-0.1, -0.05) is 34.6 Å². The van der Waals surface area contributed by atoms with Crippen molar-refractivity contribution < 1.29 is 0 Å². The molecule has 0 bridgehead atoms. The van der Waals surface area contributed by atoms with Gasteiger partial charge in [0.2, 0.25) is 0 Å². The highest BCUT2D eigenvalue weighted by Crippen LogP contribution is 2.27. The van der Waals surface area contributed by atoms with Gasteiger partial charge in [-0.25, -0.2) is 0 Å². The summed E-state index contributed by atoms with van der Waals surface area (Å²) in [6, 6.07) is 2.01. The third kappa shape index (κ3) is 2.06. The van der Waals surface area contributed by atoms with E-state index in [4.69, 9.17) is 0 Å². The minimum atomic E-state index is 0.0356. The van der Waals surface area contributed by atoms with Crippen LogP contribution in [0.15, 0.2) is 17.1 Å². The largest absolute Gasteiger partial charge is 0.329 e. The van der Waals surface area contributed by atoms with E-state index in [1.807, 2.05) is 6.07 Å². The van der Waals surface area contributed by atoms with Crippen molar-refractivity contribution in [3.63, 3.8) is 0 Å². The molecule has 0 radical (unpaired) electrons. The minimum absolute atomic E-state index is 0.0356. The lowest BCUT2D eigenvalue weighted by Gasteiger charge is -2.23. The summed E-state index contributed by atoms with van der Waals surface area (Å²) < 4.78 is 0. The Morgan fingerprint density at radius 3 is 2.21 bits per heavy atom. The number of H-pyrrole nitrogens is 1. The molecule has 0 unspecified atom stereocenters. The summed E-state index contributed by atoms with van der Waals surface area (Å²) >= 11 is 0. The SMILES string of the molecule is CC(C)c1c(C(C)(C)C)cc[nH]c1=O. The van der Waals surface area contributed by atoms with E-state index in [1.54, 1.807) is 6.20 Å². The summed E-state index contributed by atoms with van der Waals surface area (Å²) in [6.07, 6.45) is 1.73. The van der Waals surface area contributed by atoms with Crippen molar-refractivity contribution in [2.75, 3.05) is 0 Å². The number of hydrogen-bond donors (Lipinski definition) is 1. The van der Waals surface area contributed by atoms with Gasteiger partial charge in [-0.05, 0) is 23.0 Å². The summed E-state index contributed by atoms with van der Waals surface area (Å²) in [5.41, 5.74) is 2.15. The Bertz CT molecular complexity index is 369. The monoisotopic (exact) mass is 193 g/mol. The Kier molecular flexibility index (Phi) is 2.84. The lowest BCUT2D eigenvalue weighted by Crippen LogP contribution is -2.23. The second-order valence-electron chi connectivity index (χ2n) is 5.04. The average molecular weight is 193 g/mol. The predicted molar refractivity (Wildman–Crippen MR) is 59.9 cm³/mol. The van der Waals surface area contributed by atoms with Crippen LogP contribution in [-0.4, -0.2) is 4.98 Å². The molecule has 78 valence electrons. The van der Waals surface area contributed by atoms with E-state index >= 15 is 0 Å². The fraction of sp³-hybridized carbons (Fsp3) is 0.583. The van der Waals surface area contributed by atoms with Gasteiger partial charge in [0.25, 0.3) is 5.56 Å². The van der Waals surface area contributed by atoms with Gasteiger partial charge >= 0.3 is 0 Å². The van der Waals surface area contributed by atoms with Crippen molar-refractivity contribution in [2.45, 2.75) is 46.0 Å². The maximum Gasteiger partial charge on any atom is 0.251 e. The smallest absolute Gasteiger partial charge is 0.251 e. The lowest BCUT2D eigenvalue weighted by atomic mass is 9.82. The van der Waals surface area contributed by atoms with Crippen molar-refractivity contribution in [1.82, 2.24) is 4.98 Å². The zero-order chi connectivity index (χ0) is 10.9. The molecule has 0 saturated heterocycles. The minimum Gasteiger partial charge on any atom is -0.329 e. The highest BCUT2D eigenvalue weighted by atomic mass is 16.1. The lowest BCUT2D eigenvalue weighted by molar-refractivity contribution is 0.573. The van der Waals surface area contributed by atoms with Gasteiger partial charge < -0.3 is 4.98 Å². The summed E-state index contributed by atoms with van der Waals surface area (Å²) in [4.78, 5) is 14.4. The molecule has 0 aliphatic heterocycles. The molecular formula is C12H19NO. The van der Waals surface area contributed by atoms with Gasteiger partial charge in [0, 0.05) is 11.8 Å². The van der Waals surface area contributed by atoms with Crippen LogP contribution in [-0.2, 0) is 5.41 Å². The van der Waals surface area contributed by atoms with Crippen LogP contribution in [0.25, 0.3) is 0 Å². The Labute approximate surface area is 85.4 Å². The molecule has 14 heavy (non-hydrogen) atoms. The molecule has 1 heterocycles. The third-order valence-corrected chi connectivity index (χ3v) is 2.38. The molecule has 2 heteroatoms. The van der Waals surface area contributed by atoms with Crippen LogP contribution in [0, 0.1) is 0 Å². The first kappa shape index (κ1) is 11.0. The number of nitrogens with one attached hydrogen (secondary N) is 1. The van der Waals surface area contributed by atoms with Crippen LogP contribution in [0.5, 0.6) is 0 Å². The first-order chi connectivity index (χ1) is 6.34. The van der Waals surface area contributed by atoms with Gasteiger partial charge in [-0.2, -0.15) is 0 Å². The second-order valence-corrected chi connectivity index (χ2v) is 5.04. The summed E-state index contributed by atoms with van der Waals surface area (Å²) in [7, 11) is 0. The van der Waals surface area contributed by atoms with E-state index in [0.29, 0.717) is 0 Å². The Balaban J connectivity index is 3.44. The van der Waals surface area contributed by atoms with Crippen molar-refractivity contribution in [3.8, 4) is 0 Å². The van der Waals surface area contributed by atoms with E-state index in [0.717, 1.165) is 11.1 Å². The molecule has 0 amide bonds. The highest BCUT2D eigenvalue weighted by Gasteiger charge is 2.21. The maximum absolute atomic E-state index is 11.7. The molecular weight excluding hydrogens is 174 g/mol. The molecule has 1 rings (SSSR count). The second kappa shape index (κ2) is 3.60. The van der Waals surface area contributed by atoms with Crippen LogP contribution >= 0.6 is 0 Å². The molecule has 0 atom stereocenters. The molecule has 0 spiro atoms. The summed E-state index contributed by atoms with van der Waals surface area (Å²) in [5.74, 6) is 0.272. The van der Waals surface area contributed by atoms with Crippen LogP contribution < -0.4 is 5.56 Å². The molecule has 0 aliphatic rings. The molecule has 0 aromatic carbocycles. The highest BCUT2D eigenvalue weighted by molar-refractivity contribution is 5.32. The van der Waals surface area contributed by atoms with E-state index in [1.165, 1.54) is 0 Å². The van der Waals surface area contributed by atoms with E-state index in [9.17, 15) is 4.79 Å². The van der Waals surface area contributed by atoms with Crippen LogP contribution in [0.4, 0.5) is 0 Å². The average Bonchev–Trinajstić information content (AvgIpc) is 2.01. The molecule has 0 aliphatic carbocycles. The fourth-order valence-electron chi connectivity index (χ4n) is 1.72. The number of aromatic amines is 1. The van der Waals surface area contributed by atoms with E-state index < -0.39 is 0 Å². The first-order valence-electron chi connectivity index (χ1n) is 5.06. The molecule has 1 N–H and O–H groups in total. The topological polar surface area (TPSA) is 32.9 Å². The van der Waals surface area contributed by atoms with Gasteiger partial charge in [-0.3, -0.25) is 4.79 Å². The molecule has 1 aromatic rings. The molecule has 0 saturated carbocycles. The molecule has 1 aromatic heterocycles.